The molecule has 5 N–H and O–H groups in total. The number of nitrogens with two attached hydrogens (primary N) is 2. The smallest absolute Gasteiger partial charge is 0.176 e. The highest BCUT2D eigenvalue weighted by atomic mass is 16.7. The van der Waals surface area contributed by atoms with Gasteiger partial charge in [-0.05, 0) is 37.5 Å². The molecular formula is C21H30N4O2. The van der Waals surface area contributed by atoms with Crippen molar-refractivity contribution in [2.75, 3.05) is 25.1 Å². The van der Waals surface area contributed by atoms with Gasteiger partial charge in [0.1, 0.15) is 5.82 Å². The normalized spacial score (nSPS) is 19.9. The second kappa shape index (κ2) is 8.22. The minimum absolute atomic E-state index is 0.0390. The van der Waals surface area contributed by atoms with Gasteiger partial charge < -0.3 is 25.5 Å². The Bertz CT molecular complexity index is 749. The molecule has 1 saturated carbocycles. The van der Waals surface area contributed by atoms with Gasteiger partial charge in [0, 0.05) is 22.6 Å². The van der Waals surface area contributed by atoms with Gasteiger partial charge in [0.05, 0.1) is 26.0 Å². The summed E-state index contributed by atoms with van der Waals surface area (Å²) in [7, 11) is 0. The summed E-state index contributed by atoms with van der Waals surface area (Å²) >= 11 is 0. The molecule has 0 aromatic heterocycles. The Morgan fingerprint density at radius 3 is 2.70 bits per heavy atom. The Kier molecular flexibility index (Phi) is 5.95. The number of hydrazine groups is 1. The summed E-state index contributed by atoms with van der Waals surface area (Å²) in [6.07, 6.45) is 3.74. The number of hydrogen-bond acceptors (Lipinski definition) is 6. The predicted octanol–water partition coefficient (Wildman–Crippen LogP) is 2.50. The Morgan fingerprint density at radius 2 is 2.04 bits per heavy atom. The molecule has 27 heavy (non-hydrogen) atoms. The lowest BCUT2D eigenvalue weighted by Crippen LogP contribution is -2.44. The van der Waals surface area contributed by atoms with E-state index in [0.29, 0.717) is 31.5 Å². The van der Waals surface area contributed by atoms with Crippen molar-refractivity contribution in [3.63, 3.8) is 0 Å². The standard InChI is InChI=1S/C21H30N4O2/c1-15-4-5-17(9-8-16-6-7-16)10-18(15)24-19(22)11-25(23)12-20-26-13-21(2,3)14-27-20/h4-5,10-11,16,20,24H,6-7,12-14,22-23H2,1-3H3/b19-11+. The van der Waals surface area contributed by atoms with E-state index in [9.17, 15) is 0 Å². The van der Waals surface area contributed by atoms with E-state index in [1.54, 1.807) is 6.20 Å². The van der Waals surface area contributed by atoms with Crippen molar-refractivity contribution < 1.29 is 9.47 Å². The zero-order valence-electron chi connectivity index (χ0n) is 16.4. The highest BCUT2D eigenvalue weighted by Gasteiger charge is 2.28. The zero-order chi connectivity index (χ0) is 19.4. The Balaban J connectivity index is 1.56. The molecule has 1 heterocycles. The molecule has 1 saturated heterocycles. The highest BCUT2D eigenvalue weighted by molar-refractivity contribution is 5.58. The van der Waals surface area contributed by atoms with E-state index in [1.165, 1.54) is 17.9 Å². The van der Waals surface area contributed by atoms with Gasteiger partial charge in [-0.2, -0.15) is 0 Å². The summed E-state index contributed by atoms with van der Waals surface area (Å²) in [5.74, 6) is 13.6. The van der Waals surface area contributed by atoms with Crippen LogP contribution in [-0.2, 0) is 9.47 Å². The van der Waals surface area contributed by atoms with Crippen LogP contribution in [0, 0.1) is 30.1 Å². The molecule has 146 valence electrons. The first-order valence-electron chi connectivity index (χ1n) is 9.42. The van der Waals surface area contributed by atoms with E-state index >= 15 is 0 Å². The second-order valence-electron chi connectivity index (χ2n) is 8.20. The maximum absolute atomic E-state index is 6.12. The molecule has 6 heteroatoms. The van der Waals surface area contributed by atoms with E-state index < -0.39 is 0 Å². The monoisotopic (exact) mass is 370 g/mol. The third-order valence-corrected chi connectivity index (χ3v) is 4.50. The quantitative estimate of drug-likeness (QED) is 0.419. The van der Waals surface area contributed by atoms with Crippen LogP contribution in [0.25, 0.3) is 0 Å². The van der Waals surface area contributed by atoms with E-state index in [1.807, 2.05) is 25.1 Å². The molecule has 0 bridgehead atoms. The van der Waals surface area contributed by atoms with Crippen LogP contribution in [0.4, 0.5) is 5.69 Å². The van der Waals surface area contributed by atoms with Crippen LogP contribution >= 0.6 is 0 Å². The summed E-state index contributed by atoms with van der Waals surface area (Å²) in [6.45, 7) is 7.95. The van der Waals surface area contributed by atoms with Gasteiger partial charge in [-0.15, -0.1) is 0 Å². The average Bonchev–Trinajstić information content (AvgIpc) is 3.42. The molecule has 2 fully saturated rings. The first kappa shape index (κ1) is 19.6. The van der Waals surface area contributed by atoms with Crippen LogP contribution in [0.1, 0.15) is 37.8 Å². The lowest BCUT2D eigenvalue weighted by atomic mass is 9.96. The second-order valence-corrected chi connectivity index (χ2v) is 8.20. The number of nitrogens with one attached hydrogen (secondary N) is 1. The molecule has 0 unspecified atom stereocenters. The summed E-state index contributed by atoms with van der Waals surface area (Å²) in [4.78, 5) is 0. The molecule has 1 aliphatic heterocycles. The Labute approximate surface area is 161 Å². The lowest BCUT2D eigenvalue weighted by Gasteiger charge is -2.35. The van der Waals surface area contributed by atoms with Crippen LogP contribution in [0.15, 0.2) is 30.2 Å². The van der Waals surface area contributed by atoms with Gasteiger partial charge in [0.2, 0.25) is 0 Å². The van der Waals surface area contributed by atoms with Crippen LogP contribution < -0.4 is 16.9 Å². The number of aryl methyl sites for hydroxylation is 1. The first-order valence-corrected chi connectivity index (χ1v) is 9.42. The SMILES string of the molecule is Cc1ccc(C#CC2CC2)cc1N/C(N)=C/N(N)CC1OCC(C)(C)CO1. The molecule has 3 rings (SSSR count). The van der Waals surface area contributed by atoms with Gasteiger partial charge in [-0.3, -0.25) is 0 Å². The summed E-state index contributed by atoms with van der Waals surface area (Å²) in [5.41, 5.74) is 9.15. The zero-order valence-corrected chi connectivity index (χ0v) is 16.4. The summed E-state index contributed by atoms with van der Waals surface area (Å²) in [6, 6.07) is 6.09. The summed E-state index contributed by atoms with van der Waals surface area (Å²) < 4.78 is 11.4. The number of anilines is 1. The van der Waals surface area contributed by atoms with Gasteiger partial charge >= 0.3 is 0 Å². The van der Waals surface area contributed by atoms with Crippen LogP contribution in [0.5, 0.6) is 0 Å². The molecule has 1 aromatic rings. The number of rotatable bonds is 5. The topological polar surface area (TPSA) is 85.8 Å². The molecule has 1 aromatic carbocycles. The third kappa shape index (κ3) is 6.17. The van der Waals surface area contributed by atoms with E-state index in [-0.39, 0.29) is 11.7 Å². The maximum atomic E-state index is 6.12. The molecule has 0 atom stereocenters. The van der Waals surface area contributed by atoms with Gasteiger partial charge in [-0.1, -0.05) is 31.8 Å². The van der Waals surface area contributed by atoms with E-state index in [4.69, 9.17) is 21.1 Å². The molecule has 6 nitrogen and oxygen atoms in total. The van der Waals surface area contributed by atoms with Crippen LogP contribution in [0.2, 0.25) is 0 Å². The molecule has 0 spiro atoms. The maximum Gasteiger partial charge on any atom is 0.176 e. The van der Waals surface area contributed by atoms with Crippen molar-refractivity contribution in [2.45, 2.75) is 39.9 Å². The minimum Gasteiger partial charge on any atom is -0.384 e. The fourth-order valence-electron chi connectivity index (χ4n) is 2.67. The van der Waals surface area contributed by atoms with Crippen molar-refractivity contribution >= 4 is 5.69 Å². The van der Waals surface area contributed by atoms with Gasteiger partial charge in [0.25, 0.3) is 0 Å². The van der Waals surface area contributed by atoms with Crippen molar-refractivity contribution in [1.82, 2.24) is 5.01 Å². The molecule has 2 aliphatic rings. The molecule has 1 aliphatic carbocycles. The number of ether oxygens (including phenoxy) is 2. The average molecular weight is 370 g/mol. The van der Waals surface area contributed by atoms with Crippen LogP contribution in [-0.4, -0.2) is 31.1 Å². The first-order chi connectivity index (χ1) is 12.8. The summed E-state index contributed by atoms with van der Waals surface area (Å²) in [5, 5.41) is 4.69. The van der Waals surface area contributed by atoms with Crippen molar-refractivity contribution in [3.05, 3.63) is 41.3 Å². The number of nitrogens with zero attached hydrogens (tertiary/aromatic N) is 1. The Morgan fingerprint density at radius 1 is 1.33 bits per heavy atom. The fraction of sp³-hybridized carbons (Fsp3) is 0.524. The largest absolute Gasteiger partial charge is 0.384 e. The molecule has 0 amide bonds. The van der Waals surface area contributed by atoms with Crippen molar-refractivity contribution in [1.29, 1.82) is 0 Å². The fourth-order valence-corrected chi connectivity index (χ4v) is 2.67. The van der Waals surface area contributed by atoms with Gasteiger partial charge in [-0.25, -0.2) is 5.84 Å². The molecule has 0 radical (unpaired) electrons. The van der Waals surface area contributed by atoms with Crippen molar-refractivity contribution in [2.24, 2.45) is 22.9 Å². The molecular weight excluding hydrogens is 340 g/mol. The van der Waals surface area contributed by atoms with Crippen molar-refractivity contribution in [3.8, 4) is 11.8 Å². The van der Waals surface area contributed by atoms with E-state index in [0.717, 1.165) is 16.8 Å². The minimum atomic E-state index is -0.352. The predicted molar refractivity (Wildman–Crippen MR) is 107 cm³/mol. The number of hydrogen-bond donors (Lipinski definition) is 3. The van der Waals surface area contributed by atoms with E-state index in [2.05, 4.69) is 31.0 Å². The van der Waals surface area contributed by atoms with Gasteiger partial charge in [0.15, 0.2) is 6.29 Å². The number of benzene rings is 1. The third-order valence-electron chi connectivity index (χ3n) is 4.50. The lowest BCUT2D eigenvalue weighted by molar-refractivity contribution is -0.225. The van der Waals surface area contributed by atoms with Crippen LogP contribution in [0.3, 0.4) is 0 Å². The Hall–Kier alpha value is -2.20. The highest BCUT2D eigenvalue weighted by Crippen LogP contribution is 2.28.